The van der Waals surface area contributed by atoms with Gasteiger partial charge in [-0.05, 0) is 26.0 Å². The third kappa shape index (κ3) is 2.96. The smallest absolute Gasteiger partial charge is 0.163 e. The molecule has 90 valence electrons. The molecule has 0 bridgehead atoms. The van der Waals surface area contributed by atoms with Crippen LogP contribution in [-0.2, 0) is 9.47 Å². The van der Waals surface area contributed by atoms with Crippen molar-refractivity contribution < 1.29 is 9.47 Å². The van der Waals surface area contributed by atoms with Gasteiger partial charge >= 0.3 is 0 Å². The molecule has 2 rings (SSSR count). The van der Waals surface area contributed by atoms with Crippen molar-refractivity contribution in [2.45, 2.75) is 25.7 Å². The van der Waals surface area contributed by atoms with Crippen LogP contribution in [0, 0.1) is 11.3 Å². The van der Waals surface area contributed by atoms with E-state index in [1.807, 2.05) is 32.0 Å². The molecular formula is C13H16N2O2. The second kappa shape index (κ2) is 4.74. The number of benzene rings is 1. The third-order valence-corrected chi connectivity index (χ3v) is 2.64. The van der Waals surface area contributed by atoms with E-state index in [2.05, 4.69) is 11.4 Å². The monoisotopic (exact) mass is 232 g/mol. The maximum atomic E-state index is 8.95. The number of hydrogen-bond donors (Lipinski definition) is 1. The molecule has 4 nitrogen and oxygen atoms in total. The molecule has 17 heavy (non-hydrogen) atoms. The second-order valence-corrected chi connectivity index (χ2v) is 4.49. The molecule has 1 unspecified atom stereocenters. The van der Waals surface area contributed by atoms with Crippen molar-refractivity contribution in [3.63, 3.8) is 0 Å². The number of anilines is 1. The Labute approximate surface area is 101 Å². The van der Waals surface area contributed by atoms with Gasteiger partial charge in [-0.25, -0.2) is 0 Å². The summed E-state index contributed by atoms with van der Waals surface area (Å²) < 4.78 is 11.1. The quantitative estimate of drug-likeness (QED) is 0.867. The number of nitriles is 1. The lowest BCUT2D eigenvalue weighted by Gasteiger charge is -2.17. The number of rotatable bonds is 3. The van der Waals surface area contributed by atoms with Gasteiger partial charge < -0.3 is 14.8 Å². The van der Waals surface area contributed by atoms with E-state index in [-0.39, 0.29) is 6.10 Å². The number of nitrogens with zero attached hydrogens (tertiary/aromatic N) is 1. The van der Waals surface area contributed by atoms with Crippen molar-refractivity contribution in [2.24, 2.45) is 0 Å². The summed E-state index contributed by atoms with van der Waals surface area (Å²) in [6.45, 7) is 5.02. The molecule has 1 saturated heterocycles. The molecule has 1 N–H and O–H groups in total. The number of hydrogen-bond acceptors (Lipinski definition) is 4. The highest BCUT2D eigenvalue weighted by atomic mass is 16.7. The lowest BCUT2D eigenvalue weighted by molar-refractivity contribution is -0.136. The van der Waals surface area contributed by atoms with E-state index in [1.54, 1.807) is 6.07 Å². The Morgan fingerprint density at radius 1 is 1.47 bits per heavy atom. The van der Waals surface area contributed by atoms with Gasteiger partial charge in [-0.2, -0.15) is 5.26 Å². The van der Waals surface area contributed by atoms with E-state index in [9.17, 15) is 0 Å². The summed E-state index contributed by atoms with van der Waals surface area (Å²) >= 11 is 0. The highest BCUT2D eigenvalue weighted by Crippen LogP contribution is 2.23. The van der Waals surface area contributed by atoms with Crippen molar-refractivity contribution in [3.05, 3.63) is 29.8 Å². The average Bonchev–Trinajstić information content (AvgIpc) is 2.67. The van der Waals surface area contributed by atoms with Gasteiger partial charge in [-0.15, -0.1) is 0 Å². The molecule has 1 aliphatic rings. The van der Waals surface area contributed by atoms with Crippen molar-refractivity contribution in [3.8, 4) is 6.07 Å². The first kappa shape index (κ1) is 11.9. The lowest BCUT2D eigenvalue weighted by atomic mass is 10.2. The van der Waals surface area contributed by atoms with E-state index >= 15 is 0 Å². The van der Waals surface area contributed by atoms with E-state index in [0.29, 0.717) is 18.7 Å². The van der Waals surface area contributed by atoms with Gasteiger partial charge in [0.2, 0.25) is 0 Å². The molecule has 0 aromatic heterocycles. The molecule has 1 aliphatic heterocycles. The zero-order valence-corrected chi connectivity index (χ0v) is 10.1. The average molecular weight is 232 g/mol. The Morgan fingerprint density at radius 3 is 2.88 bits per heavy atom. The molecule has 0 saturated carbocycles. The normalized spacial score (nSPS) is 22.1. The Bertz CT molecular complexity index is 437. The SMILES string of the molecule is CC1(C)OCC(CNc2ccccc2C#N)O1. The van der Waals surface area contributed by atoms with Gasteiger partial charge in [-0.1, -0.05) is 12.1 Å². The molecule has 0 aliphatic carbocycles. The zero-order chi connectivity index (χ0) is 12.3. The van der Waals surface area contributed by atoms with Crippen LogP contribution < -0.4 is 5.32 Å². The molecule has 0 amide bonds. The molecule has 0 radical (unpaired) electrons. The molecular weight excluding hydrogens is 216 g/mol. The van der Waals surface area contributed by atoms with E-state index in [1.165, 1.54) is 0 Å². The maximum absolute atomic E-state index is 8.95. The van der Waals surface area contributed by atoms with Crippen molar-refractivity contribution in [1.29, 1.82) is 5.26 Å². The summed E-state index contributed by atoms with van der Waals surface area (Å²) in [6.07, 6.45) is 0.0248. The van der Waals surface area contributed by atoms with Crippen molar-refractivity contribution in [2.75, 3.05) is 18.5 Å². The summed E-state index contributed by atoms with van der Waals surface area (Å²) in [5.41, 5.74) is 1.48. The molecule has 1 aromatic rings. The molecule has 1 heterocycles. The molecule has 1 atom stereocenters. The summed E-state index contributed by atoms with van der Waals surface area (Å²) in [5.74, 6) is -0.499. The summed E-state index contributed by atoms with van der Waals surface area (Å²) in [5, 5.41) is 12.2. The third-order valence-electron chi connectivity index (χ3n) is 2.64. The van der Waals surface area contributed by atoms with Crippen LogP contribution in [0.2, 0.25) is 0 Å². The largest absolute Gasteiger partial charge is 0.381 e. The maximum Gasteiger partial charge on any atom is 0.163 e. The van der Waals surface area contributed by atoms with Crippen LogP contribution in [-0.4, -0.2) is 25.0 Å². The zero-order valence-electron chi connectivity index (χ0n) is 10.1. The number of para-hydroxylation sites is 1. The molecule has 4 heteroatoms. The fraction of sp³-hybridized carbons (Fsp3) is 0.462. The Kier molecular flexibility index (Phi) is 3.32. The van der Waals surface area contributed by atoms with Gasteiger partial charge in [0.25, 0.3) is 0 Å². The van der Waals surface area contributed by atoms with Crippen LogP contribution in [0.1, 0.15) is 19.4 Å². The van der Waals surface area contributed by atoms with E-state index in [0.717, 1.165) is 5.69 Å². The topological polar surface area (TPSA) is 54.3 Å². The van der Waals surface area contributed by atoms with Crippen LogP contribution in [0.3, 0.4) is 0 Å². The van der Waals surface area contributed by atoms with Crippen LogP contribution in [0.15, 0.2) is 24.3 Å². The lowest BCUT2D eigenvalue weighted by Crippen LogP contribution is -2.26. The fourth-order valence-electron chi connectivity index (χ4n) is 1.82. The predicted molar refractivity (Wildman–Crippen MR) is 64.6 cm³/mol. The highest BCUT2D eigenvalue weighted by molar-refractivity contribution is 5.57. The van der Waals surface area contributed by atoms with Crippen LogP contribution in [0.5, 0.6) is 0 Å². The van der Waals surface area contributed by atoms with Gasteiger partial charge in [0, 0.05) is 6.54 Å². The summed E-state index contributed by atoms with van der Waals surface area (Å²) in [6, 6.07) is 9.58. The molecule has 1 aromatic carbocycles. The van der Waals surface area contributed by atoms with Crippen molar-refractivity contribution in [1.82, 2.24) is 0 Å². The number of nitrogens with one attached hydrogen (secondary N) is 1. The van der Waals surface area contributed by atoms with Gasteiger partial charge in [0.05, 0.1) is 17.9 Å². The minimum Gasteiger partial charge on any atom is -0.381 e. The van der Waals surface area contributed by atoms with Crippen LogP contribution >= 0.6 is 0 Å². The molecule has 1 fully saturated rings. The number of ether oxygens (including phenoxy) is 2. The summed E-state index contributed by atoms with van der Waals surface area (Å²) in [4.78, 5) is 0. The Balaban J connectivity index is 1.93. The first-order valence-electron chi connectivity index (χ1n) is 5.65. The minimum absolute atomic E-state index is 0.0248. The minimum atomic E-state index is -0.499. The Morgan fingerprint density at radius 2 is 2.24 bits per heavy atom. The predicted octanol–water partition coefficient (Wildman–Crippen LogP) is 2.12. The molecule has 0 spiro atoms. The standard InChI is InChI=1S/C13H16N2O2/c1-13(2)16-9-11(17-13)8-15-12-6-4-3-5-10(12)7-14/h3-6,11,15H,8-9H2,1-2H3. The fourth-order valence-corrected chi connectivity index (χ4v) is 1.82. The first-order valence-corrected chi connectivity index (χ1v) is 5.65. The summed E-state index contributed by atoms with van der Waals surface area (Å²) in [7, 11) is 0. The first-order chi connectivity index (χ1) is 8.11. The van der Waals surface area contributed by atoms with E-state index in [4.69, 9.17) is 14.7 Å². The van der Waals surface area contributed by atoms with Crippen LogP contribution in [0.25, 0.3) is 0 Å². The second-order valence-electron chi connectivity index (χ2n) is 4.49. The van der Waals surface area contributed by atoms with Gasteiger partial charge in [0.1, 0.15) is 12.2 Å². The van der Waals surface area contributed by atoms with E-state index < -0.39 is 5.79 Å². The van der Waals surface area contributed by atoms with Crippen molar-refractivity contribution >= 4 is 5.69 Å². The van der Waals surface area contributed by atoms with Gasteiger partial charge in [0.15, 0.2) is 5.79 Å². The van der Waals surface area contributed by atoms with Crippen LogP contribution in [0.4, 0.5) is 5.69 Å². The Hall–Kier alpha value is -1.57. The van der Waals surface area contributed by atoms with Gasteiger partial charge in [-0.3, -0.25) is 0 Å². The highest BCUT2D eigenvalue weighted by Gasteiger charge is 2.32.